The second-order valence-corrected chi connectivity index (χ2v) is 19.4. The number of hydrogen-bond acceptors (Lipinski definition) is 29. The molecule has 0 aliphatic carbocycles. The van der Waals surface area contributed by atoms with Crippen LogP contribution in [0.5, 0.6) is 0 Å². The van der Waals surface area contributed by atoms with Crippen LogP contribution in [0.1, 0.15) is 0 Å². The van der Waals surface area contributed by atoms with Gasteiger partial charge >= 0.3 is 93.6 Å². The summed E-state index contributed by atoms with van der Waals surface area (Å²) < 4.78 is 338. The molecule has 1 fully saturated rings. The van der Waals surface area contributed by atoms with Crippen LogP contribution in [-0.4, -0.2) is 192 Å². The maximum absolute atomic E-state index is 12.0. The molecule has 1 heterocycles. The molecular weight excluding hydrogens is 1040 g/mol. The fourth-order valence-electron chi connectivity index (χ4n) is 4.00. The lowest BCUT2D eigenvalue weighted by Crippen LogP contribution is -2.65. The molecule has 0 saturated carbocycles. The summed E-state index contributed by atoms with van der Waals surface area (Å²) in [4.78, 5) is 0. The topological polar surface area (TPSA) is 591 Å². The highest BCUT2D eigenvalue weighted by molar-refractivity contribution is 7.82. The van der Waals surface area contributed by atoms with Crippen molar-refractivity contribution in [2.75, 3.05) is 19.8 Å². The highest BCUT2D eigenvalue weighted by atomic mass is 32.3. The van der Waals surface area contributed by atoms with Crippen LogP contribution in [0.15, 0.2) is 0 Å². The fraction of sp³-hybridized carbons (Fsp3) is 1.00. The molecule has 1 rings (SSSR count). The Morgan fingerprint density at radius 3 is 1.07 bits per heavy atom. The third kappa shape index (κ3) is 24.8. The maximum Gasteiger partial charge on any atom is 0.397 e. The Morgan fingerprint density at radius 2 is 0.729 bits per heavy atom. The van der Waals surface area contributed by atoms with Crippen LogP contribution in [0.25, 0.3) is 0 Å². The summed E-state index contributed by atoms with van der Waals surface area (Å²) in [5.74, 6) is 0. The van der Waals surface area contributed by atoms with Crippen molar-refractivity contribution in [2.45, 2.75) is 55.1 Å². The van der Waals surface area contributed by atoms with E-state index >= 15 is 0 Å². The van der Waals surface area contributed by atoms with Crippen LogP contribution in [0.3, 0.4) is 0 Å². The maximum atomic E-state index is 12.0. The summed E-state index contributed by atoms with van der Waals surface area (Å²) in [6.07, 6.45) is -32.0. The molecule has 9 N–H and O–H groups in total. The zero-order chi connectivity index (χ0) is 46.6. The Hall–Kier alpha value is -1.25. The Labute approximate surface area is 331 Å². The van der Waals surface area contributed by atoms with Crippen LogP contribution in [-0.2, 0) is 141 Å². The van der Waals surface area contributed by atoms with Crippen LogP contribution < -0.4 is 0 Å². The molecule has 0 bridgehead atoms. The zero-order valence-corrected chi connectivity index (χ0v) is 34.2. The van der Waals surface area contributed by atoms with E-state index in [4.69, 9.17) is 23.1 Å². The average molecular weight is 1060 g/mol. The van der Waals surface area contributed by atoms with E-state index in [1.807, 2.05) is 0 Å². The van der Waals surface area contributed by atoms with Gasteiger partial charge < -0.3 is 9.47 Å². The molecular formula is C12H24O38S9. The van der Waals surface area contributed by atoms with Gasteiger partial charge in [0.25, 0.3) is 0 Å². The second-order valence-electron chi connectivity index (χ2n) is 9.86. The van der Waals surface area contributed by atoms with E-state index in [0.29, 0.717) is 0 Å². The second kappa shape index (κ2) is 20.1. The van der Waals surface area contributed by atoms with E-state index in [-0.39, 0.29) is 0 Å². The average Bonchev–Trinajstić information content (AvgIpc) is 2.92. The van der Waals surface area contributed by atoms with Gasteiger partial charge in [-0.05, 0) is 0 Å². The summed E-state index contributed by atoms with van der Waals surface area (Å²) in [6.45, 7) is -6.81. The van der Waals surface area contributed by atoms with Crippen LogP contribution in [0.2, 0.25) is 0 Å². The van der Waals surface area contributed by atoms with E-state index in [0.717, 1.165) is 0 Å². The first-order valence-corrected chi connectivity index (χ1v) is 25.2. The molecule has 1 aliphatic heterocycles. The summed E-state index contributed by atoms with van der Waals surface area (Å²) in [5, 5.41) is 0. The smallest absolute Gasteiger partial charge is 0.341 e. The van der Waals surface area contributed by atoms with Crippen LogP contribution in [0, 0.1) is 0 Å². The van der Waals surface area contributed by atoms with Gasteiger partial charge in [0.2, 0.25) is 0 Å². The third-order valence-electron chi connectivity index (χ3n) is 5.50. The molecule has 0 spiro atoms. The number of ether oxygens (including phenoxy) is 2. The first kappa shape index (κ1) is 55.8. The van der Waals surface area contributed by atoms with Crippen molar-refractivity contribution in [1.82, 2.24) is 0 Å². The largest absolute Gasteiger partial charge is 0.397 e. The molecule has 0 aromatic rings. The minimum atomic E-state index is -6.48. The van der Waals surface area contributed by atoms with Crippen molar-refractivity contribution in [3.05, 3.63) is 0 Å². The van der Waals surface area contributed by atoms with Gasteiger partial charge in [-0.15, -0.1) is 0 Å². The van der Waals surface area contributed by atoms with E-state index in [2.05, 4.69) is 37.6 Å². The monoisotopic (exact) mass is 1060 g/mol. The van der Waals surface area contributed by atoms with Gasteiger partial charge in [-0.2, -0.15) is 75.8 Å². The fourth-order valence-corrected chi connectivity index (χ4v) is 7.88. The lowest BCUT2D eigenvalue weighted by molar-refractivity contribution is -0.313. The van der Waals surface area contributed by atoms with Crippen LogP contribution >= 0.6 is 0 Å². The van der Waals surface area contributed by atoms with E-state index in [1.54, 1.807) is 0 Å². The van der Waals surface area contributed by atoms with Gasteiger partial charge in [0.05, 0.1) is 19.8 Å². The SMILES string of the molecule is O=S(=O)(O)OC[C@H](OS(=O)(=O)O)[C@H](OS(=O)(=O)O)[C@H](O[C@@H]1O[C@H](COS(=O)(=O)O)[C@@H](OS(=O)(=O)O)[C@@H](OS(=O)(=O)O)[C@@H]1OS(=O)(=O)O)[C@@H](COS(=O)(=O)O)OS(=O)(=O)O. The number of rotatable bonds is 26. The van der Waals surface area contributed by atoms with Gasteiger partial charge in [-0.1, -0.05) is 0 Å². The Kier molecular flexibility index (Phi) is 19.0. The quantitative estimate of drug-likeness (QED) is 0.0363. The van der Waals surface area contributed by atoms with Crippen molar-refractivity contribution in [2.24, 2.45) is 0 Å². The van der Waals surface area contributed by atoms with Crippen LogP contribution in [0.4, 0.5) is 0 Å². The highest BCUT2D eigenvalue weighted by Gasteiger charge is 2.57. The predicted octanol–water partition coefficient (Wildman–Crippen LogP) is -7.32. The molecule has 1 saturated heterocycles. The lowest BCUT2D eigenvalue weighted by Gasteiger charge is -2.45. The van der Waals surface area contributed by atoms with Gasteiger partial charge in [-0.3, -0.25) is 41.0 Å². The normalized spacial score (nSPS) is 24.3. The van der Waals surface area contributed by atoms with Crippen molar-refractivity contribution in [3.8, 4) is 0 Å². The summed E-state index contributed by atoms with van der Waals surface area (Å²) in [5.41, 5.74) is 0. The highest BCUT2D eigenvalue weighted by Crippen LogP contribution is 2.35. The Balaban J connectivity index is 4.57. The van der Waals surface area contributed by atoms with E-state index in [1.165, 1.54) is 0 Å². The van der Waals surface area contributed by atoms with Crippen molar-refractivity contribution < 1.29 is 164 Å². The minimum absolute atomic E-state index is 2.08. The first-order valence-electron chi connectivity index (χ1n) is 12.9. The molecule has 0 aromatic heterocycles. The van der Waals surface area contributed by atoms with Crippen molar-refractivity contribution >= 4 is 93.6 Å². The van der Waals surface area contributed by atoms with E-state index in [9.17, 15) is 103 Å². The molecule has 38 nitrogen and oxygen atoms in total. The van der Waals surface area contributed by atoms with Gasteiger partial charge in [0.15, 0.2) is 12.4 Å². The first-order chi connectivity index (χ1) is 25.8. The molecule has 0 unspecified atom stereocenters. The predicted molar refractivity (Wildman–Crippen MR) is 165 cm³/mol. The van der Waals surface area contributed by atoms with Gasteiger partial charge in [0.1, 0.15) is 42.7 Å². The molecule has 9 atom stereocenters. The molecule has 354 valence electrons. The Morgan fingerprint density at radius 1 is 0.390 bits per heavy atom. The molecule has 0 radical (unpaired) electrons. The molecule has 0 aromatic carbocycles. The molecule has 59 heavy (non-hydrogen) atoms. The van der Waals surface area contributed by atoms with Crippen molar-refractivity contribution in [1.29, 1.82) is 0 Å². The van der Waals surface area contributed by atoms with Gasteiger partial charge in [0, 0.05) is 0 Å². The zero-order valence-electron chi connectivity index (χ0n) is 26.9. The number of hydrogen-bond donors (Lipinski definition) is 9. The third-order valence-corrected chi connectivity index (χ3v) is 9.65. The molecule has 47 heteroatoms. The lowest BCUT2D eigenvalue weighted by atomic mass is 9.98. The minimum Gasteiger partial charge on any atom is -0.341 e. The van der Waals surface area contributed by atoms with Gasteiger partial charge in [-0.25, -0.2) is 37.6 Å². The standard InChI is InChI=1S/C12H24O38S9/c13-51(14,15)40-1-4-8(47-56(28,29)30)10(49-58(34,35)36)11(50-59(37,38)39)12(43-4)44-7(5(45-54(22,23)24)2-41-52(16,17)18)9(48-57(31,32)33)6(46-55(25,26)27)3-42-53(19,20)21/h4-12H,1-3H2,(H,13,14,15)(H,16,17,18)(H,19,20,21)(H,22,23,24)(H,25,26,27)(H,28,29,30)(H,31,32,33)(H,34,35,36)(H,37,38,39)/t4-,5-,6+,7-,8-,9+,10-,11+,12+/m1/s1. The molecule has 0 amide bonds. The van der Waals surface area contributed by atoms with E-state index < -0.39 is 169 Å². The summed E-state index contributed by atoms with van der Waals surface area (Å²) >= 11 is 0. The molecule has 1 aliphatic rings. The summed E-state index contributed by atoms with van der Waals surface area (Å²) in [6, 6.07) is 0. The summed E-state index contributed by atoms with van der Waals surface area (Å²) in [7, 11) is -55.8. The Bertz CT molecular complexity index is 2470. The van der Waals surface area contributed by atoms with Crippen molar-refractivity contribution in [3.63, 3.8) is 0 Å².